The molecule has 2 atom stereocenters. The topological polar surface area (TPSA) is 110 Å². The molecule has 1 aromatic carbocycles. The summed E-state index contributed by atoms with van der Waals surface area (Å²) in [6.07, 6.45) is -0.288. The lowest BCUT2D eigenvalue weighted by Crippen LogP contribution is -2.53. The van der Waals surface area contributed by atoms with Gasteiger partial charge in [0.05, 0.1) is 16.7 Å². The van der Waals surface area contributed by atoms with Crippen molar-refractivity contribution in [2.45, 2.75) is 38.8 Å². The van der Waals surface area contributed by atoms with Crippen LogP contribution < -0.4 is 9.64 Å². The molecule has 1 aliphatic rings. The van der Waals surface area contributed by atoms with Crippen LogP contribution >= 0.6 is 0 Å². The van der Waals surface area contributed by atoms with Gasteiger partial charge in [0.2, 0.25) is 0 Å². The molecule has 0 saturated carbocycles. The lowest BCUT2D eigenvalue weighted by atomic mass is 10.1. The molecule has 0 aromatic heterocycles. The minimum absolute atomic E-state index is 0.153. The Morgan fingerprint density at radius 2 is 2.18 bits per heavy atom. The number of aliphatic carboxylic acids is 1. The van der Waals surface area contributed by atoms with E-state index < -0.39 is 28.9 Å². The number of rotatable bonds is 5. The first-order valence-electron chi connectivity index (χ1n) is 6.91. The van der Waals surface area contributed by atoms with E-state index in [4.69, 9.17) is 4.74 Å². The van der Waals surface area contributed by atoms with Gasteiger partial charge in [-0.05, 0) is 18.9 Å². The number of fused-ring (bicyclic) bond motifs is 1. The van der Waals surface area contributed by atoms with E-state index in [-0.39, 0.29) is 23.5 Å². The third-order valence-corrected chi connectivity index (χ3v) is 3.55. The summed E-state index contributed by atoms with van der Waals surface area (Å²) in [5, 5.41) is 20.2. The molecule has 0 aliphatic carbocycles. The number of carbonyl (C=O) groups excluding carboxylic acids is 1. The van der Waals surface area contributed by atoms with Gasteiger partial charge in [0, 0.05) is 6.07 Å². The number of hydrogen-bond acceptors (Lipinski definition) is 5. The van der Waals surface area contributed by atoms with Crippen molar-refractivity contribution in [2.24, 2.45) is 0 Å². The fraction of sp³-hybridized carbons (Fsp3) is 0.429. The van der Waals surface area contributed by atoms with Crippen molar-refractivity contribution in [1.29, 1.82) is 0 Å². The minimum atomic E-state index is -1.13. The molecule has 1 aromatic rings. The second-order valence-corrected chi connectivity index (χ2v) is 4.89. The zero-order valence-electron chi connectivity index (χ0n) is 12.2. The van der Waals surface area contributed by atoms with Crippen LogP contribution in [0.15, 0.2) is 18.2 Å². The molecule has 2 unspecified atom stereocenters. The summed E-state index contributed by atoms with van der Waals surface area (Å²) in [4.78, 5) is 35.3. The number of carboxylic acids is 1. The second-order valence-electron chi connectivity index (χ2n) is 4.89. The van der Waals surface area contributed by atoms with E-state index in [2.05, 4.69) is 0 Å². The van der Waals surface area contributed by atoms with Gasteiger partial charge >= 0.3 is 5.97 Å². The molecule has 1 N–H and O–H groups in total. The van der Waals surface area contributed by atoms with E-state index >= 15 is 0 Å². The molecule has 2 rings (SSSR count). The number of carboxylic acid groups (broad SMARTS) is 1. The highest BCUT2D eigenvalue weighted by Gasteiger charge is 2.40. The van der Waals surface area contributed by atoms with Gasteiger partial charge in [-0.2, -0.15) is 0 Å². The monoisotopic (exact) mass is 308 g/mol. The van der Waals surface area contributed by atoms with Gasteiger partial charge in [-0.3, -0.25) is 19.8 Å². The minimum Gasteiger partial charge on any atom is -0.480 e. The van der Waals surface area contributed by atoms with Gasteiger partial charge in [-0.1, -0.05) is 13.8 Å². The number of benzene rings is 1. The lowest BCUT2D eigenvalue weighted by molar-refractivity contribution is -0.384. The number of nitro benzene ring substituents is 1. The van der Waals surface area contributed by atoms with Crippen molar-refractivity contribution in [3.8, 4) is 5.75 Å². The molecular weight excluding hydrogens is 292 g/mol. The van der Waals surface area contributed by atoms with Crippen LogP contribution in [0, 0.1) is 10.1 Å². The maximum Gasteiger partial charge on any atom is 0.326 e. The Bertz CT molecular complexity index is 630. The maximum absolute atomic E-state index is 12.4. The number of hydrogen-bond donors (Lipinski definition) is 1. The highest BCUT2D eigenvalue weighted by molar-refractivity contribution is 6.04. The quantitative estimate of drug-likeness (QED) is 0.657. The number of anilines is 1. The van der Waals surface area contributed by atoms with Crippen molar-refractivity contribution < 1.29 is 24.4 Å². The van der Waals surface area contributed by atoms with Gasteiger partial charge in [-0.25, -0.2) is 4.79 Å². The van der Waals surface area contributed by atoms with Gasteiger partial charge in [0.15, 0.2) is 11.9 Å². The van der Waals surface area contributed by atoms with Crippen molar-refractivity contribution >= 4 is 23.3 Å². The fourth-order valence-corrected chi connectivity index (χ4v) is 2.43. The molecule has 8 heteroatoms. The first-order valence-corrected chi connectivity index (χ1v) is 6.91. The van der Waals surface area contributed by atoms with Crippen molar-refractivity contribution in [3.63, 3.8) is 0 Å². The molecular formula is C14H16N2O6. The number of nitro groups is 1. The summed E-state index contributed by atoms with van der Waals surface area (Å²) < 4.78 is 5.50. The Hall–Kier alpha value is -2.64. The normalized spacial score (nSPS) is 18.4. The maximum atomic E-state index is 12.4. The zero-order valence-corrected chi connectivity index (χ0v) is 12.2. The summed E-state index contributed by atoms with van der Waals surface area (Å²) in [6.45, 7) is 3.39. The van der Waals surface area contributed by atoms with Crippen LogP contribution in [0.5, 0.6) is 5.75 Å². The summed E-state index contributed by atoms with van der Waals surface area (Å²) >= 11 is 0. The fourth-order valence-electron chi connectivity index (χ4n) is 2.43. The van der Waals surface area contributed by atoms with Crippen molar-refractivity contribution in [1.82, 2.24) is 0 Å². The molecule has 1 heterocycles. The largest absolute Gasteiger partial charge is 0.480 e. The van der Waals surface area contributed by atoms with Crippen molar-refractivity contribution in [3.05, 3.63) is 28.3 Å². The van der Waals surface area contributed by atoms with Crippen LogP contribution in [0.4, 0.5) is 11.4 Å². The van der Waals surface area contributed by atoms with Crippen LogP contribution in [0.3, 0.4) is 0 Å². The third-order valence-electron chi connectivity index (χ3n) is 3.55. The van der Waals surface area contributed by atoms with E-state index in [9.17, 15) is 24.8 Å². The number of carbonyl (C=O) groups is 2. The molecule has 22 heavy (non-hydrogen) atoms. The Morgan fingerprint density at radius 1 is 1.50 bits per heavy atom. The van der Waals surface area contributed by atoms with Crippen LogP contribution in [0.2, 0.25) is 0 Å². The molecule has 1 amide bonds. The van der Waals surface area contributed by atoms with Crippen LogP contribution in [0.25, 0.3) is 0 Å². The summed E-state index contributed by atoms with van der Waals surface area (Å²) in [7, 11) is 0. The first-order chi connectivity index (χ1) is 10.4. The van der Waals surface area contributed by atoms with E-state index in [0.717, 1.165) is 0 Å². The van der Waals surface area contributed by atoms with E-state index in [1.54, 1.807) is 13.8 Å². The first kappa shape index (κ1) is 15.7. The molecule has 118 valence electrons. The molecule has 0 radical (unpaired) electrons. The Morgan fingerprint density at radius 3 is 2.68 bits per heavy atom. The van der Waals surface area contributed by atoms with Crippen LogP contribution in [-0.2, 0) is 9.59 Å². The van der Waals surface area contributed by atoms with Crippen LogP contribution in [0.1, 0.15) is 26.7 Å². The van der Waals surface area contributed by atoms with E-state index in [1.165, 1.54) is 23.1 Å². The molecule has 1 aliphatic heterocycles. The number of non-ortho nitro benzene ring substituents is 1. The summed E-state index contributed by atoms with van der Waals surface area (Å²) in [5.41, 5.74) is 0.0702. The summed E-state index contributed by atoms with van der Waals surface area (Å²) in [6, 6.07) is 2.75. The SMILES string of the molecule is CCC1Oc2cc([N+](=O)[O-])ccc2N(C(CC)C(=O)O)C1=O. The van der Waals surface area contributed by atoms with Crippen molar-refractivity contribution in [2.75, 3.05) is 4.90 Å². The Kier molecular flexibility index (Phi) is 4.30. The average molecular weight is 308 g/mol. The van der Waals surface area contributed by atoms with Gasteiger partial charge in [-0.15, -0.1) is 0 Å². The van der Waals surface area contributed by atoms with Gasteiger partial charge < -0.3 is 9.84 Å². The molecule has 0 bridgehead atoms. The standard InChI is InChI=1S/C14H16N2O6/c1-3-9(14(18)19)15-10-6-5-8(16(20)21)7-12(10)22-11(4-2)13(15)17/h5-7,9,11H,3-4H2,1-2H3,(H,18,19). The highest BCUT2D eigenvalue weighted by Crippen LogP contribution is 2.39. The molecule has 0 fully saturated rings. The van der Waals surface area contributed by atoms with E-state index in [0.29, 0.717) is 6.42 Å². The van der Waals surface area contributed by atoms with E-state index in [1.807, 2.05) is 0 Å². The van der Waals surface area contributed by atoms with Crippen LogP contribution in [-0.4, -0.2) is 34.1 Å². The summed E-state index contributed by atoms with van der Waals surface area (Å²) in [5.74, 6) is -1.42. The second kappa shape index (κ2) is 6.00. The molecule has 8 nitrogen and oxygen atoms in total. The lowest BCUT2D eigenvalue weighted by Gasteiger charge is -2.36. The third kappa shape index (κ3) is 2.59. The zero-order chi connectivity index (χ0) is 16.4. The predicted octanol–water partition coefficient (Wildman–Crippen LogP) is 1.96. The molecule has 0 spiro atoms. The predicted molar refractivity (Wildman–Crippen MR) is 77.0 cm³/mol. The molecule has 0 saturated heterocycles. The van der Waals surface area contributed by atoms with Gasteiger partial charge in [0.1, 0.15) is 6.04 Å². The Balaban J connectivity index is 2.56. The number of nitrogens with zero attached hydrogens (tertiary/aromatic N) is 2. The smallest absolute Gasteiger partial charge is 0.326 e. The van der Waals surface area contributed by atoms with Gasteiger partial charge in [0.25, 0.3) is 11.6 Å². The Labute approximate surface area is 126 Å². The number of ether oxygens (including phenoxy) is 1. The number of amides is 1. The average Bonchev–Trinajstić information content (AvgIpc) is 2.48. The highest BCUT2D eigenvalue weighted by atomic mass is 16.6.